The van der Waals surface area contributed by atoms with E-state index in [2.05, 4.69) is 29.4 Å². The van der Waals surface area contributed by atoms with Crippen molar-refractivity contribution in [1.29, 1.82) is 0 Å². The van der Waals surface area contributed by atoms with Gasteiger partial charge in [-0.15, -0.1) is 0 Å². The Balaban J connectivity index is 1.78. The van der Waals surface area contributed by atoms with E-state index in [4.69, 9.17) is 0 Å². The van der Waals surface area contributed by atoms with E-state index in [0.29, 0.717) is 6.04 Å². The van der Waals surface area contributed by atoms with Gasteiger partial charge in [-0.2, -0.15) is 0 Å². The molecule has 1 saturated carbocycles. The minimum absolute atomic E-state index is 0.696. The fourth-order valence-electron chi connectivity index (χ4n) is 3.31. The molecule has 0 bridgehead atoms. The van der Waals surface area contributed by atoms with Gasteiger partial charge in [0.05, 0.1) is 0 Å². The van der Waals surface area contributed by atoms with Crippen molar-refractivity contribution >= 4 is 0 Å². The normalized spacial score (nSPS) is 18.4. The van der Waals surface area contributed by atoms with Gasteiger partial charge in [-0.25, -0.2) is 0 Å². The number of aryl methyl sites for hydroxylation is 1. The zero-order valence-electron chi connectivity index (χ0n) is 12.3. The summed E-state index contributed by atoms with van der Waals surface area (Å²) in [7, 11) is 0. The molecule has 0 spiro atoms. The predicted molar refractivity (Wildman–Crippen MR) is 81.2 cm³/mol. The first kappa shape index (κ1) is 14.5. The molecule has 1 heterocycles. The quantitative estimate of drug-likeness (QED) is 0.802. The summed E-state index contributed by atoms with van der Waals surface area (Å²) in [4.78, 5) is 4.09. The van der Waals surface area contributed by atoms with Crippen molar-refractivity contribution in [3.8, 4) is 0 Å². The van der Waals surface area contributed by atoms with E-state index in [9.17, 15) is 0 Å². The molecule has 1 atom stereocenters. The molecule has 1 aliphatic rings. The Morgan fingerprint density at radius 2 is 1.95 bits per heavy atom. The highest BCUT2D eigenvalue weighted by atomic mass is 14.9. The molecule has 1 aromatic rings. The first-order valence-electron chi connectivity index (χ1n) is 8.00. The van der Waals surface area contributed by atoms with E-state index >= 15 is 0 Å². The first-order chi connectivity index (χ1) is 9.38. The molecule has 2 heteroatoms. The Bertz CT molecular complexity index is 330. The Labute approximate surface area is 118 Å². The second-order valence-electron chi connectivity index (χ2n) is 5.89. The van der Waals surface area contributed by atoms with Crippen LogP contribution in [0.2, 0.25) is 0 Å². The van der Waals surface area contributed by atoms with Crippen LogP contribution in [0, 0.1) is 5.92 Å². The van der Waals surface area contributed by atoms with E-state index in [1.807, 2.05) is 12.4 Å². The van der Waals surface area contributed by atoms with Gasteiger partial charge in [0, 0.05) is 18.4 Å². The van der Waals surface area contributed by atoms with E-state index in [1.165, 1.54) is 56.9 Å². The molecule has 106 valence electrons. The van der Waals surface area contributed by atoms with E-state index in [1.54, 1.807) is 0 Å². The summed E-state index contributed by atoms with van der Waals surface area (Å²) in [5.74, 6) is 0.968. The number of pyridine rings is 1. The van der Waals surface area contributed by atoms with Crippen LogP contribution in [0.15, 0.2) is 24.5 Å². The fourth-order valence-corrected chi connectivity index (χ4v) is 3.31. The molecule has 0 amide bonds. The third-order valence-corrected chi connectivity index (χ3v) is 4.37. The van der Waals surface area contributed by atoms with Crippen molar-refractivity contribution in [1.82, 2.24) is 10.3 Å². The summed E-state index contributed by atoms with van der Waals surface area (Å²) >= 11 is 0. The summed E-state index contributed by atoms with van der Waals surface area (Å²) in [6.45, 7) is 3.31. The van der Waals surface area contributed by atoms with Crippen LogP contribution in [-0.4, -0.2) is 17.6 Å². The van der Waals surface area contributed by atoms with Crippen molar-refractivity contribution in [2.24, 2.45) is 5.92 Å². The maximum Gasteiger partial charge on any atom is 0.0270 e. The molecule has 19 heavy (non-hydrogen) atoms. The van der Waals surface area contributed by atoms with E-state index in [-0.39, 0.29) is 0 Å². The van der Waals surface area contributed by atoms with Crippen LogP contribution in [0.5, 0.6) is 0 Å². The van der Waals surface area contributed by atoms with E-state index < -0.39 is 0 Å². The molecule has 1 aliphatic carbocycles. The standard InChI is InChI=1S/C17H28N2/c1-2-19-17(14-16-6-4-3-5-7-16)9-8-15-10-12-18-13-11-15/h10-13,16-17,19H,2-9,14H2,1H3. The summed E-state index contributed by atoms with van der Waals surface area (Å²) in [6.07, 6.45) is 14.9. The zero-order chi connectivity index (χ0) is 13.3. The third-order valence-electron chi connectivity index (χ3n) is 4.37. The van der Waals surface area contributed by atoms with Crippen molar-refractivity contribution in [3.05, 3.63) is 30.1 Å². The number of hydrogen-bond donors (Lipinski definition) is 1. The molecule has 1 aromatic heterocycles. The lowest BCUT2D eigenvalue weighted by molar-refractivity contribution is 0.292. The van der Waals surface area contributed by atoms with Crippen molar-refractivity contribution in [2.75, 3.05) is 6.54 Å². The highest BCUT2D eigenvalue weighted by Crippen LogP contribution is 2.28. The summed E-state index contributed by atoms with van der Waals surface area (Å²) in [5, 5.41) is 3.68. The second-order valence-corrected chi connectivity index (χ2v) is 5.89. The minimum Gasteiger partial charge on any atom is -0.314 e. The topological polar surface area (TPSA) is 24.9 Å². The second kappa shape index (κ2) is 8.31. The largest absolute Gasteiger partial charge is 0.314 e. The van der Waals surface area contributed by atoms with Gasteiger partial charge < -0.3 is 5.32 Å². The lowest BCUT2D eigenvalue weighted by Crippen LogP contribution is -2.32. The molecular weight excluding hydrogens is 232 g/mol. The SMILES string of the molecule is CCNC(CCc1ccncc1)CC1CCCCC1. The molecule has 1 N–H and O–H groups in total. The maximum atomic E-state index is 4.09. The van der Waals surface area contributed by atoms with Crippen LogP contribution >= 0.6 is 0 Å². The van der Waals surface area contributed by atoms with Gasteiger partial charge in [0.15, 0.2) is 0 Å². The summed E-state index contributed by atoms with van der Waals surface area (Å²) in [6, 6.07) is 4.98. The van der Waals surface area contributed by atoms with Gasteiger partial charge in [0.25, 0.3) is 0 Å². The minimum atomic E-state index is 0.696. The third kappa shape index (κ3) is 5.32. The number of rotatable bonds is 7. The lowest BCUT2D eigenvalue weighted by atomic mass is 9.83. The average Bonchev–Trinajstić information content (AvgIpc) is 2.47. The summed E-state index contributed by atoms with van der Waals surface area (Å²) < 4.78 is 0. The fraction of sp³-hybridized carbons (Fsp3) is 0.706. The van der Waals surface area contributed by atoms with Crippen molar-refractivity contribution in [2.45, 2.75) is 64.3 Å². The van der Waals surface area contributed by atoms with Crippen LogP contribution in [0.25, 0.3) is 0 Å². The van der Waals surface area contributed by atoms with E-state index in [0.717, 1.165) is 12.5 Å². The van der Waals surface area contributed by atoms with Crippen molar-refractivity contribution < 1.29 is 0 Å². The Hall–Kier alpha value is -0.890. The molecule has 1 unspecified atom stereocenters. The number of nitrogens with zero attached hydrogens (tertiary/aromatic N) is 1. The number of hydrogen-bond acceptors (Lipinski definition) is 2. The Morgan fingerprint density at radius 1 is 1.21 bits per heavy atom. The molecule has 0 saturated heterocycles. The predicted octanol–water partition coefficient (Wildman–Crippen LogP) is 3.96. The van der Waals surface area contributed by atoms with Gasteiger partial charge in [0.1, 0.15) is 0 Å². The van der Waals surface area contributed by atoms with Crippen LogP contribution in [0.4, 0.5) is 0 Å². The Morgan fingerprint density at radius 3 is 2.63 bits per heavy atom. The maximum absolute atomic E-state index is 4.09. The molecule has 0 aliphatic heterocycles. The average molecular weight is 260 g/mol. The molecule has 0 aromatic carbocycles. The van der Waals surface area contributed by atoms with Gasteiger partial charge in [-0.1, -0.05) is 39.0 Å². The molecular formula is C17H28N2. The van der Waals surface area contributed by atoms with Crippen molar-refractivity contribution in [3.63, 3.8) is 0 Å². The number of aromatic nitrogens is 1. The highest BCUT2D eigenvalue weighted by Gasteiger charge is 2.18. The van der Waals surface area contributed by atoms with Gasteiger partial charge in [-0.3, -0.25) is 4.98 Å². The molecule has 1 fully saturated rings. The van der Waals surface area contributed by atoms with Crippen LogP contribution in [0.3, 0.4) is 0 Å². The molecule has 2 nitrogen and oxygen atoms in total. The van der Waals surface area contributed by atoms with Gasteiger partial charge >= 0.3 is 0 Å². The molecule has 2 rings (SSSR count). The monoisotopic (exact) mass is 260 g/mol. The smallest absolute Gasteiger partial charge is 0.0270 e. The van der Waals surface area contributed by atoms with Gasteiger partial charge in [0.2, 0.25) is 0 Å². The lowest BCUT2D eigenvalue weighted by Gasteiger charge is -2.27. The molecule has 0 radical (unpaired) electrons. The van der Waals surface area contributed by atoms with Crippen LogP contribution < -0.4 is 5.32 Å². The van der Waals surface area contributed by atoms with Gasteiger partial charge in [-0.05, 0) is 49.4 Å². The zero-order valence-corrected chi connectivity index (χ0v) is 12.3. The number of nitrogens with one attached hydrogen (secondary N) is 1. The first-order valence-corrected chi connectivity index (χ1v) is 8.00. The Kier molecular flexibility index (Phi) is 6.35. The van der Waals surface area contributed by atoms with Crippen LogP contribution in [-0.2, 0) is 6.42 Å². The highest BCUT2D eigenvalue weighted by molar-refractivity contribution is 5.09. The summed E-state index contributed by atoms with van der Waals surface area (Å²) in [5.41, 5.74) is 1.42. The van der Waals surface area contributed by atoms with Crippen LogP contribution in [0.1, 0.15) is 57.4 Å².